The van der Waals surface area contributed by atoms with Crippen molar-refractivity contribution in [2.75, 3.05) is 38.7 Å². The third-order valence-electron chi connectivity index (χ3n) is 7.71. The minimum atomic E-state index is -0.0678. The SMILES string of the molecule is COc1ccc(NC(=O)N2CCCCN3[C@H](C2)[C@H](c2ccc(C4=CCCC4)cc2)[C@@H]3CO)cc1. The Morgan fingerprint density at radius 1 is 1.06 bits per heavy atom. The minimum absolute atomic E-state index is 0.0678. The van der Waals surface area contributed by atoms with Gasteiger partial charge < -0.3 is 20.1 Å². The van der Waals surface area contributed by atoms with Gasteiger partial charge in [0.15, 0.2) is 0 Å². The molecule has 1 aliphatic carbocycles. The number of nitrogens with one attached hydrogen (secondary N) is 1. The fraction of sp³-hybridized carbons (Fsp3) is 0.464. The van der Waals surface area contributed by atoms with Crippen molar-refractivity contribution < 1.29 is 14.6 Å². The van der Waals surface area contributed by atoms with Gasteiger partial charge in [0.25, 0.3) is 0 Å². The number of hydrogen-bond donors (Lipinski definition) is 2. The maximum atomic E-state index is 13.2. The molecule has 0 bridgehead atoms. The van der Waals surface area contributed by atoms with E-state index in [0.29, 0.717) is 6.54 Å². The highest BCUT2D eigenvalue weighted by atomic mass is 16.5. The van der Waals surface area contributed by atoms with Crippen LogP contribution in [0.1, 0.15) is 49.1 Å². The van der Waals surface area contributed by atoms with Crippen molar-refractivity contribution >= 4 is 17.3 Å². The number of fused-ring (bicyclic) bond motifs is 1. The van der Waals surface area contributed by atoms with Crippen LogP contribution in [0.2, 0.25) is 0 Å². The number of methoxy groups -OCH3 is 1. The molecule has 6 heteroatoms. The van der Waals surface area contributed by atoms with Crippen molar-refractivity contribution in [1.82, 2.24) is 9.80 Å². The number of allylic oxidation sites excluding steroid dienone is 2. The maximum absolute atomic E-state index is 13.2. The second-order valence-electron chi connectivity index (χ2n) is 9.64. The number of hydrogen-bond acceptors (Lipinski definition) is 4. The van der Waals surface area contributed by atoms with Gasteiger partial charge in [0.2, 0.25) is 0 Å². The molecule has 2 saturated heterocycles. The monoisotopic (exact) mass is 461 g/mol. The zero-order valence-electron chi connectivity index (χ0n) is 20.0. The summed E-state index contributed by atoms with van der Waals surface area (Å²) in [5.41, 5.74) is 4.79. The molecule has 0 saturated carbocycles. The first kappa shape index (κ1) is 22.9. The average Bonchev–Trinajstić information content (AvgIpc) is 3.39. The summed E-state index contributed by atoms with van der Waals surface area (Å²) < 4.78 is 5.21. The lowest BCUT2D eigenvalue weighted by Crippen LogP contribution is -2.68. The Balaban J connectivity index is 1.31. The number of rotatable bonds is 5. The van der Waals surface area contributed by atoms with Crippen LogP contribution < -0.4 is 10.1 Å². The number of aliphatic hydroxyl groups excluding tert-OH is 1. The molecule has 2 aromatic carbocycles. The fourth-order valence-corrected chi connectivity index (χ4v) is 5.85. The molecule has 5 rings (SSSR count). The maximum Gasteiger partial charge on any atom is 0.321 e. The summed E-state index contributed by atoms with van der Waals surface area (Å²) in [6, 6.07) is 16.6. The van der Waals surface area contributed by atoms with E-state index in [1.54, 1.807) is 7.11 Å². The van der Waals surface area contributed by atoms with Gasteiger partial charge in [0, 0.05) is 36.8 Å². The van der Waals surface area contributed by atoms with E-state index in [-0.39, 0.29) is 30.6 Å². The number of carbonyl (C=O) groups excluding carboxylic acids is 1. The largest absolute Gasteiger partial charge is 0.497 e. The Kier molecular flexibility index (Phi) is 6.88. The standard InChI is InChI=1S/C28H35N3O3/c1-34-24-14-12-23(13-15-24)29-28(33)30-16-4-5-17-31-25(18-30)27(26(31)19-32)22-10-8-21(9-11-22)20-6-2-3-7-20/h6,8-15,25-27,32H,2-5,7,16-19H2,1H3,(H,29,33)/t25-,26+,27+/m1/s1. The van der Waals surface area contributed by atoms with Crippen LogP contribution in [0.5, 0.6) is 5.75 Å². The van der Waals surface area contributed by atoms with Crippen molar-refractivity contribution in [3.8, 4) is 5.75 Å². The molecule has 0 aromatic heterocycles. The zero-order chi connectivity index (χ0) is 23.5. The normalized spacial score (nSPS) is 24.9. The van der Waals surface area contributed by atoms with Crippen molar-refractivity contribution in [2.45, 2.75) is 50.1 Å². The van der Waals surface area contributed by atoms with Crippen molar-refractivity contribution in [3.05, 3.63) is 65.7 Å². The van der Waals surface area contributed by atoms with Crippen molar-refractivity contribution in [2.24, 2.45) is 0 Å². The van der Waals surface area contributed by atoms with Crippen LogP contribution in [0.15, 0.2) is 54.6 Å². The van der Waals surface area contributed by atoms with Crippen LogP contribution in [0.25, 0.3) is 5.57 Å². The fourth-order valence-electron chi connectivity index (χ4n) is 5.85. The highest BCUT2D eigenvalue weighted by Gasteiger charge is 2.49. The van der Waals surface area contributed by atoms with Gasteiger partial charge in [-0.3, -0.25) is 4.90 Å². The van der Waals surface area contributed by atoms with E-state index in [4.69, 9.17) is 4.74 Å². The molecule has 6 nitrogen and oxygen atoms in total. The number of amides is 2. The smallest absolute Gasteiger partial charge is 0.321 e. The summed E-state index contributed by atoms with van der Waals surface area (Å²) in [5.74, 6) is 0.994. The molecule has 2 fully saturated rings. The van der Waals surface area contributed by atoms with Crippen LogP contribution in [0, 0.1) is 0 Å². The molecule has 180 valence electrons. The first-order valence-corrected chi connectivity index (χ1v) is 12.5. The number of aliphatic hydroxyl groups is 1. The van der Waals surface area contributed by atoms with Gasteiger partial charge >= 0.3 is 6.03 Å². The lowest BCUT2D eigenvalue weighted by Gasteiger charge is -2.57. The van der Waals surface area contributed by atoms with Gasteiger partial charge in [-0.1, -0.05) is 30.3 Å². The second kappa shape index (κ2) is 10.2. The highest BCUT2D eigenvalue weighted by Crippen LogP contribution is 2.42. The van der Waals surface area contributed by atoms with Crippen LogP contribution in [0.3, 0.4) is 0 Å². The minimum Gasteiger partial charge on any atom is -0.497 e. The van der Waals surface area contributed by atoms with Crippen molar-refractivity contribution in [1.29, 1.82) is 0 Å². The topological polar surface area (TPSA) is 65.0 Å². The zero-order valence-corrected chi connectivity index (χ0v) is 20.0. The van der Waals surface area contributed by atoms with E-state index in [0.717, 1.165) is 43.8 Å². The molecule has 3 aliphatic rings. The molecule has 0 radical (unpaired) electrons. The number of carbonyl (C=O) groups is 1. The molecule has 0 spiro atoms. The van der Waals surface area contributed by atoms with E-state index in [9.17, 15) is 9.90 Å². The average molecular weight is 462 g/mol. The van der Waals surface area contributed by atoms with E-state index < -0.39 is 0 Å². The van der Waals surface area contributed by atoms with Crippen LogP contribution >= 0.6 is 0 Å². The van der Waals surface area contributed by atoms with Crippen molar-refractivity contribution in [3.63, 3.8) is 0 Å². The quantitative estimate of drug-likeness (QED) is 0.676. The van der Waals surface area contributed by atoms with Gasteiger partial charge in [0.05, 0.1) is 13.7 Å². The van der Waals surface area contributed by atoms with Crippen LogP contribution in [-0.2, 0) is 0 Å². The first-order valence-electron chi connectivity index (χ1n) is 12.5. The molecule has 2 aliphatic heterocycles. The Morgan fingerprint density at radius 3 is 2.50 bits per heavy atom. The number of anilines is 1. The Hall–Kier alpha value is -2.83. The van der Waals surface area contributed by atoms with E-state index in [1.807, 2.05) is 29.2 Å². The third kappa shape index (κ3) is 4.57. The summed E-state index contributed by atoms with van der Waals surface area (Å²) in [6.45, 7) is 2.53. The van der Waals surface area contributed by atoms with Gasteiger partial charge in [0.1, 0.15) is 5.75 Å². The Labute approximate surface area is 202 Å². The summed E-state index contributed by atoms with van der Waals surface area (Å²) >= 11 is 0. The summed E-state index contributed by atoms with van der Waals surface area (Å²) in [4.78, 5) is 17.5. The second-order valence-corrected chi connectivity index (χ2v) is 9.64. The first-order chi connectivity index (χ1) is 16.7. The number of benzene rings is 2. The molecule has 34 heavy (non-hydrogen) atoms. The lowest BCUT2D eigenvalue weighted by atomic mass is 9.74. The molecule has 2 amide bonds. The summed E-state index contributed by atoms with van der Waals surface area (Å²) in [5, 5.41) is 13.3. The van der Waals surface area contributed by atoms with Crippen LogP contribution in [-0.4, -0.2) is 66.4 Å². The van der Waals surface area contributed by atoms with Gasteiger partial charge in [-0.25, -0.2) is 4.79 Å². The Bertz CT molecular complexity index is 1020. The highest BCUT2D eigenvalue weighted by molar-refractivity contribution is 5.89. The molecule has 3 atom stereocenters. The van der Waals surface area contributed by atoms with Gasteiger partial charge in [-0.05, 0) is 79.6 Å². The van der Waals surface area contributed by atoms with Gasteiger partial charge in [-0.15, -0.1) is 0 Å². The number of ether oxygens (including phenoxy) is 1. The summed E-state index contributed by atoms with van der Waals surface area (Å²) in [6.07, 6.45) is 7.93. The molecule has 2 aromatic rings. The predicted molar refractivity (Wildman–Crippen MR) is 135 cm³/mol. The van der Waals surface area contributed by atoms with Gasteiger partial charge in [-0.2, -0.15) is 0 Å². The molecule has 2 heterocycles. The van der Waals surface area contributed by atoms with E-state index >= 15 is 0 Å². The predicted octanol–water partition coefficient (Wildman–Crippen LogP) is 4.72. The van der Waals surface area contributed by atoms with Crippen LogP contribution in [0.4, 0.5) is 10.5 Å². The molecular formula is C28H35N3O3. The summed E-state index contributed by atoms with van der Waals surface area (Å²) in [7, 11) is 1.63. The van der Waals surface area contributed by atoms with E-state index in [2.05, 4.69) is 40.6 Å². The Morgan fingerprint density at radius 2 is 1.82 bits per heavy atom. The molecular weight excluding hydrogens is 426 g/mol. The van der Waals surface area contributed by atoms with E-state index in [1.165, 1.54) is 29.5 Å². The number of nitrogens with zero attached hydrogens (tertiary/aromatic N) is 2. The third-order valence-corrected chi connectivity index (χ3v) is 7.71. The molecule has 2 N–H and O–H groups in total. The molecule has 0 unspecified atom stereocenters. The number of urea groups is 1. The lowest BCUT2D eigenvalue weighted by molar-refractivity contribution is -0.0585.